The average molecular weight is 317 g/mol. The molecule has 1 amide bonds. The second kappa shape index (κ2) is 7.88. The van der Waals surface area contributed by atoms with Crippen LogP contribution in [0.4, 0.5) is 0 Å². The van der Waals surface area contributed by atoms with Crippen LogP contribution in [0.25, 0.3) is 0 Å². The van der Waals surface area contributed by atoms with E-state index in [1.54, 1.807) is 0 Å². The Morgan fingerprint density at radius 2 is 2.14 bits per heavy atom. The summed E-state index contributed by atoms with van der Waals surface area (Å²) in [6.07, 6.45) is 0.910. The molecular formula is C12H24BN3O6. The Balaban J connectivity index is 2.74. The van der Waals surface area contributed by atoms with Crippen LogP contribution in [0.1, 0.15) is 12.8 Å². The van der Waals surface area contributed by atoms with Crippen molar-refractivity contribution in [2.45, 2.75) is 30.7 Å². The number of hydrogen-bond donors (Lipinski definition) is 5. The minimum Gasteiger partial charge on any atom is -0.480 e. The zero-order chi connectivity index (χ0) is 16.9. The van der Waals surface area contributed by atoms with Crippen LogP contribution in [0.15, 0.2) is 0 Å². The number of ether oxygens (including phenoxy) is 1. The Labute approximate surface area is 129 Å². The van der Waals surface area contributed by atoms with Crippen molar-refractivity contribution in [3.8, 4) is 0 Å². The topological polar surface area (TPSA) is 159 Å². The third kappa shape index (κ3) is 4.40. The lowest BCUT2D eigenvalue weighted by Gasteiger charge is -2.25. The van der Waals surface area contributed by atoms with E-state index < -0.39 is 36.5 Å². The number of carboxylic acids is 1. The van der Waals surface area contributed by atoms with Gasteiger partial charge >= 0.3 is 13.1 Å². The number of aliphatic carboxylic acids is 1. The molecule has 1 rings (SSSR count). The summed E-state index contributed by atoms with van der Waals surface area (Å²) in [5.74, 6) is -2.05. The van der Waals surface area contributed by atoms with Crippen LogP contribution >= 0.6 is 0 Å². The van der Waals surface area contributed by atoms with E-state index in [4.69, 9.17) is 26.3 Å². The van der Waals surface area contributed by atoms with Gasteiger partial charge in [-0.1, -0.05) is 6.42 Å². The van der Waals surface area contributed by atoms with Crippen LogP contribution in [-0.4, -0.2) is 77.4 Å². The monoisotopic (exact) mass is 317 g/mol. The quantitative estimate of drug-likeness (QED) is 0.306. The molecule has 3 atom stereocenters. The summed E-state index contributed by atoms with van der Waals surface area (Å²) in [5.41, 5.74) is 10.1. The van der Waals surface area contributed by atoms with Crippen molar-refractivity contribution >= 4 is 19.0 Å². The van der Waals surface area contributed by atoms with E-state index >= 15 is 0 Å². The first-order valence-corrected chi connectivity index (χ1v) is 7.14. The van der Waals surface area contributed by atoms with Crippen LogP contribution in [0.2, 0.25) is 6.32 Å². The van der Waals surface area contributed by atoms with E-state index in [2.05, 4.69) is 0 Å². The van der Waals surface area contributed by atoms with Crippen LogP contribution in [0.3, 0.4) is 0 Å². The number of nitrogens with two attached hydrogens (primary N) is 2. The molecule has 22 heavy (non-hydrogen) atoms. The Morgan fingerprint density at radius 1 is 1.50 bits per heavy atom. The maximum Gasteiger partial charge on any atom is 0.451 e. The largest absolute Gasteiger partial charge is 0.480 e. The van der Waals surface area contributed by atoms with Gasteiger partial charge in [-0.15, -0.1) is 0 Å². The molecule has 126 valence electrons. The van der Waals surface area contributed by atoms with Gasteiger partial charge in [0.25, 0.3) is 0 Å². The Bertz CT molecular complexity index is 410. The summed E-state index contributed by atoms with van der Waals surface area (Å²) in [6.45, 7) is 0.104. The highest BCUT2D eigenvalue weighted by Gasteiger charge is 2.50. The molecule has 0 bridgehead atoms. The predicted octanol–water partition coefficient (Wildman–Crippen LogP) is -2.55. The molecule has 1 aliphatic rings. The summed E-state index contributed by atoms with van der Waals surface area (Å²) < 4.78 is 4.83. The minimum absolute atomic E-state index is 0.0430. The fourth-order valence-corrected chi connectivity index (χ4v) is 2.73. The first kappa shape index (κ1) is 18.9. The molecule has 0 aliphatic carbocycles. The van der Waals surface area contributed by atoms with Gasteiger partial charge in [-0.05, 0) is 12.7 Å². The van der Waals surface area contributed by atoms with Gasteiger partial charge in [-0.25, -0.2) is 0 Å². The van der Waals surface area contributed by atoms with Gasteiger partial charge < -0.3 is 36.3 Å². The molecule has 0 aromatic rings. The summed E-state index contributed by atoms with van der Waals surface area (Å²) >= 11 is 0. The van der Waals surface area contributed by atoms with Crippen LogP contribution in [0.5, 0.6) is 0 Å². The first-order valence-electron chi connectivity index (χ1n) is 7.14. The van der Waals surface area contributed by atoms with Crippen molar-refractivity contribution in [1.82, 2.24) is 4.90 Å². The van der Waals surface area contributed by atoms with Gasteiger partial charge in [-0.3, -0.25) is 9.59 Å². The van der Waals surface area contributed by atoms with Crippen LogP contribution in [-0.2, 0) is 14.3 Å². The lowest BCUT2D eigenvalue weighted by molar-refractivity contribution is -0.144. The number of nitrogens with zero attached hydrogens (tertiary/aromatic N) is 1. The molecule has 0 saturated carbocycles. The number of carbonyl (C=O) groups is 2. The zero-order valence-electron chi connectivity index (χ0n) is 12.6. The SMILES string of the molecule is COC[C@H](N)C(=O)N1CC(CCCB(O)O)[C@](N)(C(=O)O)C1. The molecule has 0 spiro atoms. The Morgan fingerprint density at radius 3 is 2.64 bits per heavy atom. The third-order valence-electron chi connectivity index (χ3n) is 4.01. The molecule has 1 unspecified atom stereocenters. The van der Waals surface area contributed by atoms with Crippen molar-refractivity contribution in [3.05, 3.63) is 0 Å². The summed E-state index contributed by atoms with van der Waals surface area (Å²) in [7, 11) is -0.0174. The van der Waals surface area contributed by atoms with Crippen molar-refractivity contribution in [1.29, 1.82) is 0 Å². The molecule has 9 nitrogen and oxygen atoms in total. The molecule has 10 heteroatoms. The van der Waals surface area contributed by atoms with Crippen molar-refractivity contribution < 1.29 is 29.5 Å². The van der Waals surface area contributed by atoms with E-state index in [0.717, 1.165) is 0 Å². The zero-order valence-corrected chi connectivity index (χ0v) is 12.6. The van der Waals surface area contributed by atoms with E-state index in [1.165, 1.54) is 12.0 Å². The standard InChI is InChI=1S/C12H24BN3O6/c1-22-6-9(14)10(17)16-5-8(3-2-4-13(20)21)12(15,7-16)11(18)19/h8-9,20-21H,2-7,14-15H2,1H3,(H,18,19)/t8?,9-,12-/m0/s1. The van der Waals surface area contributed by atoms with Crippen molar-refractivity contribution in [2.24, 2.45) is 17.4 Å². The molecule has 1 fully saturated rings. The number of carbonyl (C=O) groups excluding carboxylic acids is 1. The van der Waals surface area contributed by atoms with Gasteiger partial charge in [0.1, 0.15) is 11.6 Å². The predicted molar refractivity (Wildman–Crippen MR) is 78.7 cm³/mol. The van der Waals surface area contributed by atoms with Gasteiger partial charge in [0.15, 0.2) is 0 Å². The molecule has 0 aromatic heterocycles. The number of likely N-dealkylation sites (tertiary alicyclic amines) is 1. The highest BCUT2D eigenvalue weighted by Crippen LogP contribution is 2.30. The average Bonchev–Trinajstić information content (AvgIpc) is 2.77. The molecule has 1 aliphatic heterocycles. The highest BCUT2D eigenvalue weighted by atomic mass is 16.5. The lowest BCUT2D eigenvalue weighted by atomic mass is 9.78. The van der Waals surface area contributed by atoms with Gasteiger partial charge in [-0.2, -0.15) is 0 Å². The van der Waals surface area contributed by atoms with E-state index in [9.17, 15) is 14.7 Å². The van der Waals surface area contributed by atoms with Crippen LogP contribution in [0, 0.1) is 5.92 Å². The minimum atomic E-state index is -1.55. The van der Waals surface area contributed by atoms with Crippen LogP contribution < -0.4 is 11.5 Å². The molecule has 7 N–H and O–H groups in total. The number of carboxylic acid groups (broad SMARTS) is 1. The Hall–Kier alpha value is -1.20. The Kier molecular flexibility index (Phi) is 6.76. The summed E-state index contributed by atoms with van der Waals surface area (Å²) in [6, 6.07) is -0.860. The van der Waals surface area contributed by atoms with Gasteiger partial charge in [0, 0.05) is 26.1 Å². The molecule has 1 saturated heterocycles. The van der Waals surface area contributed by atoms with Crippen molar-refractivity contribution in [2.75, 3.05) is 26.8 Å². The summed E-state index contributed by atoms with van der Waals surface area (Å²) in [5, 5.41) is 27.1. The maximum atomic E-state index is 12.2. The second-order valence-corrected chi connectivity index (χ2v) is 5.73. The van der Waals surface area contributed by atoms with E-state index in [-0.39, 0.29) is 26.0 Å². The molecule has 0 radical (unpaired) electrons. The molecule has 0 aromatic carbocycles. The second-order valence-electron chi connectivity index (χ2n) is 5.73. The fourth-order valence-electron chi connectivity index (χ4n) is 2.73. The lowest BCUT2D eigenvalue weighted by Crippen LogP contribution is -2.55. The fraction of sp³-hybridized carbons (Fsp3) is 0.833. The van der Waals surface area contributed by atoms with Crippen molar-refractivity contribution in [3.63, 3.8) is 0 Å². The number of hydrogen-bond acceptors (Lipinski definition) is 7. The molecule has 1 heterocycles. The van der Waals surface area contributed by atoms with Gasteiger partial charge in [0.2, 0.25) is 5.91 Å². The van der Waals surface area contributed by atoms with E-state index in [0.29, 0.717) is 12.8 Å². The van der Waals surface area contributed by atoms with Gasteiger partial charge in [0.05, 0.1) is 6.61 Å². The normalized spacial score (nSPS) is 26.0. The van der Waals surface area contributed by atoms with E-state index in [1.807, 2.05) is 0 Å². The number of rotatable bonds is 8. The number of methoxy groups -OCH3 is 1. The third-order valence-corrected chi connectivity index (χ3v) is 4.01. The summed E-state index contributed by atoms with van der Waals surface area (Å²) in [4.78, 5) is 25.0. The highest BCUT2D eigenvalue weighted by molar-refractivity contribution is 6.40. The first-order chi connectivity index (χ1) is 10.2. The molecular weight excluding hydrogens is 293 g/mol. The smallest absolute Gasteiger partial charge is 0.451 e. The maximum absolute atomic E-state index is 12.2. The number of amides is 1.